The third-order valence-electron chi connectivity index (χ3n) is 12.0. The molecule has 0 spiro atoms. The summed E-state index contributed by atoms with van der Waals surface area (Å²) in [6, 6.07) is 87.8. The van der Waals surface area contributed by atoms with E-state index >= 15 is 0 Å². The van der Waals surface area contributed by atoms with Crippen LogP contribution in [-0.4, -0.2) is 20.7 Å². The van der Waals surface area contributed by atoms with Crippen LogP contribution in [0.25, 0.3) is 27.5 Å². The first kappa shape index (κ1) is 35.6. The Hall–Kier alpha value is -6.86. The van der Waals surface area contributed by atoms with Crippen molar-refractivity contribution in [1.29, 1.82) is 0 Å². The number of fused-ring (bicyclic) bond motifs is 3. The molecule has 1 heterocycles. The second-order valence-corrected chi connectivity index (χ2v) is 22.6. The average Bonchev–Trinajstić information content (AvgIpc) is 3.63. The minimum absolute atomic E-state index is 0.247. The van der Waals surface area contributed by atoms with Crippen molar-refractivity contribution < 1.29 is 4.39 Å². The molecule has 0 unspecified atom stereocenters. The first-order valence-corrected chi connectivity index (χ1v) is 23.9. The van der Waals surface area contributed by atoms with Crippen LogP contribution in [0.3, 0.4) is 0 Å². The zero-order chi connectivity index (χ0) is 38.9. The highest BCUT2D eigenvalue weighted by molar-refractivity contribution is 7.20. The predicted octanol–water partition coefficient (Wildman–Crippen LogP) is 7.68. The van der Waals surface area contributed by atoms with Crippen molar-refractivity contribution in [2.75, 3.05) is 0 Å². The molecule has 0 aliphatic carbocycles. The maximum Gasteiger partial charge on any atom is 0.179 e. The van der Waals surface area contributed by atoms with E-state index in [1.807, 2.05) is 12.1 Å². The van der Waals surface area contributed by atoms with Crippen molar-refractivity contribution in [1.82, 2.24) is 4.57 Å². The normalized spacial score (nSPS) is 11.9. The zero-order valence-corrected chi connectivity index (χ0v) is 33.9. The van der Waals surface area contributed by atoms with E-state index < -0.39 is 16.1 Å². The van der Waals surface area contributed by atoms with Crippen LogP contribution in [0.1, 0.15) is 0 Å². The molecular weight excluding hydrogens is 738 g/mol. The van der Waals surface area contributed by atoms with Crippen molar-refractivity contribution in [3.05, 3.63) is 248 Å². The highest BCUT2D eigenvalue weighted by atomic mass is 28.3. The average molecular weight is 778 g/mol. The number of nitrogens with zero attached hydrogens (tertiary/aromatic N) is 1. The summed E-state index contributed by atoms with van der Waals surface area (Å²) in [5.41, 5.74) is 3.11. The molecule has 10 rings (SSSR count). The number of aromatic nitrogens is 1. The van der Waals surface area contributed by atoms with Gasteiger partial charge in [0, 0.05) is 16.5 Å². The fraction of sp³-hybridized carbons (Fsp3) is 0. The third-order valence-corrected chi connectivity index (χ3v) is 21.5. The molecule has 0 saturated carbocycles. The summed E-state index contributed by atoms with van der Waals surface area (Å²) in [4.78, 5) is 0. The quantitative estimate of drug-likeness (QED) is 0.105. The molecule has 0 bridgehead atoms. The van der Waals surface area contributed by atoms with Gasteiger partial charge in [-0.2, -0.15) is 0 Å². The number of benzene rings is 9. The molecule has 9 aromatic carbocycles. The van der Waals surface area contributed by atoms with E-state index in [9.17, 15) is 4.39 Å². The van der Waals surface area contributed by atoms with Crippen molar-refractivity contribution >= 4 is 79.4 Å². The van der Waals surface area contributed by atoms with Gasteiger partial charge in [-0.3, -0.25) is 0 Å². The molecule has 0 saturated heterocycles. The van der Waals surface area contributed by atoms with Crippen molar-refractivity contribution in [2.24, 2.45) is 0 Å². The van der Waals surface area contributed by atoms with Crippen molar-refractivity contribution in [3.63, 3.8) is 0 Å². The lowest BCUT2D eigenvalue weighted by Gasteiger charge is -2.34. The van der Waals surface area contributed by atoms with Crippen LogP contribution in [0, 0.1) is 5.82 Å². The van der Waals surface area contributed by atoms with Crippen LogP contribution in [0.15, 0.2) is 243 Å². The topological polar surface area (TPSA) is 4.93 Å². The molecule has 276 valence electrons. The van der Waals surface area contributed by atoms with E-state index in [1.165, 1.54) is 52.3 Å². The Kier molecular flexibility index (Phi) is 9.13. The Labute approximate surface area is 341 Å². The van der Waals surface area contributed by atoms with Gasteiger partial charge in [0.2, 0.25) is 0 Å². The van der Waals surface area contributed by atoms with E-state index in [2.05, 4.69) is 223 Å². The molecule has 4 heteroatoms. The molecule has 0 aliphatic heterocycles. The van der Waals surface area contributed by atoms with Crippen LogP contribution >= 0.6 is 0 Å². The van der Waals surface area contributed by atoms with E-state index in [0.29, 0.717) is 0 Å². The summed E-state index contributed by atoms with van der Waals surface area (Å²) in [6.45, 7) is 0. The first-order valence-electron chi connectivity index (χ1n) is 19.9. The summed E-state index contributed by atoms with van der Waals surface area (Å²) in [5.74, 6) is -0.247. The molecule has 10 aromatic rings. The smallest absolute Gasteiger partial charge is 0.179 e. The summed E-state index contributed by atoms with van der Waals surface area (Å²) in [7, 11) is -5.68. The van der Waals surface area contributed by atoms with Gasteiger partial charge in [0.15, 0.2) is 16.1 Å². The van der Waals surface area contributed by atoms with Crippen LogP contribution in [-0.2, 0) is 0 Å². The van der Waals surface area contributed by atoms with Gasteiger partial charge in [-0.1, -0.05) is 206 Å². The lowest BCUT2D eigenvalue weighted by molar-refractivity contribution is 0.627. The van der Waals surface area contributed by atoms with Crippen LogP contribution in [0.4, 0.5) is 4.39 Å². The van der Waals surface area contributed by atoms with Crippen LogP contribution in [0.2, 0.25) is 0 Å². The monoisotopic (exact) mass is 777 g/mol. The Bertz CT molecular complexity index is 2590. The van der Waals surface area contributed by atoms with E-state index in [4.69, 9.17) is 0 Å². The molecule has 1 nitrogen and oxygen atoms in total. The number of halogens is 1. The number of rotatable bonds is 9. The molecule has 0 atom stereocenters. The van der Waals surface area contributed by atoms with Crippen molar-refractivity contribution in [3.8, 4) is 5.69 Å². The fourth-order valence-corrected chi connectivity index (χ4v) is 19.0. The largest absolute Gasteiger partial charge is 0.309 e. The second-order valence-electron chi connectivity index (χ2n) is 15.0. The molecule has 0 aliphatic rings. The Morgan fingerprint density at radius 1 is 0.276 bits per heavy atom. The predicted molar refractivity (Wildman–Crippen MR) is 248 cm³/mol. The highest BCUT2D eigenvalue weighted by Crippen LogP contribution is 2.32. The number of hydrogen-bond donors (Lipinski definition) is 0. The Balaban J connectivity index is 1.34. The van der Waals surface area contributed by atoms with E-state index in [-0.39, 0.29) is 5.82 Å². The maximum absolute atomic E-state index is 14.5. The third kappa shape index (κ3) is 5.72. The van der Waals surface area contributed by atoms with Crippen molar-refractivity contribution in [2.45, 2.75) is 0 Å². The SMILES string of the molecule is Fc1ccc(-n2c3ccc([Si](c4ccccc4)(c4ccccc4)c4ccccc4)cc3c3cc([Si](c4ccccc4)(c4ccccc4)c4ccccc4)ccc32)cc1. The molecule has 0 amide bonds. The lowest BCUT2D eigenvalue weighted by atomic mass is 10.1. The fourth-order valence-electron chi connectivity index (χ4n) is 9.49. The standard InChI is InChI=1S/C54H40FNSi2/c55-41-31-33-42(34-32-41)56-53-37-35-49(57(43-19-7-1-8-20-43,44-21-9-2-10-22-44)45-23-11-3-12-24-45)39-51(53)52-40-50(36-38-54(52)56)58(46-25-13-4-14-26-46,47-27-15-5-16-28-47)48-29-17-6-18-30-48/h1-40H. The van der Waals surface area contributed by atoms with Gasteiger partial charge in [0.05, 0.1) is 11.0 Å². The van der Waals surface area contributed by atoms with Gasteiger partial charge in [0.25, 0.3) is 0 Å². The molecule has 1 aromatic heterocycles. The maximum atomic E-state index is 14.5. The number of hydrogen-bond acceptors (Lipinski definition) is 0. The summed E-state index contributed by atoms with van der Waals surface area (Å²) in [6.07, 6.45) is 0. The van der Waals surface area contributed by atoms with Crippen LogP contribution < -0.4 is 41.5 Å². The Morgan fingerprint density at radius 2 is 0.552 bits per heavy atom. The van der Waals surface area contributed by atoms with E-state index in [0.717, 1.165) is 16.7 Å². The molecule has 0 radical (unpaired) electrons. The second kappa shape index (κ2) is 14.9. The van der Waals surface area contributed by atoms with Crippen LogP contribution in [0.5, 0.6) is 0 Å². The van der Waals surface area contributed by atoms with Gasteiger partial charge < -0.3 is 4.57 Å². The van der Waals surface area contributed by atoms with Gasteiger partial charge in [-0.25, -0.2) is 4.39 Å². The first-order chi connectivity index (χ1) is 28.7. The molecular formula is C54H40FNSi2. The minimum atomic E-state index is -2.84. The van der Waals surface area contributed by atoms with Gasteiger partial charge >= 0.3 is 0 Å². The Morgan fingerprint density at radius 3 is 0.828 bits per heavy atom. The van der Waals surface area contributed by atoms with Gasteiger partial charge in [0.1, 0.15) is 5.82 Å². The summed E-state index contributed by atoms with van der Waals surface area (Å²) in [5, 5.41) is 13.0. The van der Waals surface area contributed by atoms with Gasteiger partial charge in [-0.05, 0) is 77.9 Å². The molecule has 0 N–H and O–H groups in total. The minimum Gasteiger partial charge on any atom is -0.309 e. The molecule has 0 fully saturated rings. The van der Waals surface area contributed by atoms with E-state index in [1.54, 1.807) is 12.1 Å². The molecule has 58 heavy (non-hydrogen) atoms. The highest BCUT2D eigenvalue weighted by Gasteiger charge is 2.43. The zero-order valence-electron chi connectivity index (χ0n) is 31.9. The van der Waals surface area contributed by atoms with Gasteiger partial charge in [-0.15, -0.1) is 0 Å². The lowest BCUT2D eigenvalue weighted by Crippen LogP contribution is -2.74. The summed E-state index contributed by atoms with van der Waals surface area (Å²) >= 11 is 0. The summed E-state index contributed by atoms with van der Waals surface area (Å²) < 4.78 is 16.8.